The summed E-state index contributed by atoms with van der Waals surface area (Å²) in [5.74, 6) is 0.640. The maximum Gasteiger partial charge on any atom is 0.136 e. The second kappa shape index (κ2) is 6.80. The standard InChI is InChI=1S/C18H16Cl2N2O/c1-23-18-9-12-4-5-22-17(14(12)8-13(18)10-21)7-11-2-3-15(19)16(20)6-11/h2-3,6,8-9,17,22H,4-5,7H2,1H3. The van der Waals surface area contributed by atoms with Gasteiger partial charge in [-0.2, -0.15) is 5.26 Å². The molecule has 5 heteroatoms. The zero-order valence-corrected chi connectivity index (χ0v) is 14.2. The molecule has 2 aromatic rings. The van der Waals surface area contributed by atoms with Crippen molar-refractivity contribution in [1.29, 1.82) is 5.26 Å². The van der Waals surface area contributed by atoms with Gasteiger partial charge in [-0.1, -0.05) is 29.3 Å². The van der Waals surface area contributed by atoms with Crippen LogP contribution in [0.15, 0.2) is 30.3 Å². The monoisotopic (exact) mass is 346 g/mol. The summed E-state index contributed by atoms with van der Waals surface area (Å²) in [6.07, 6.45) is 1.72. The van der Waals surface area contributed by atoms with Gasteiger partial charge < -0.3 is 10.1 Å². The van der Waals surface area contributed by atoms with E-state index in [4.69, 9.17) is 27.9 Å². The molecule has 0 saturated carbocycles. The molecule has 1 atom stereocenters. The maximum absolute atomic E-state index is 9.31. The van der Waals surface area contributed by atoms with E-state index in [-0.39, 0.29) is 6.04 Å². The number of hydrogen-bond acceptors (Lipinski definition) is 3. The SMILES string of the molecule is COc1cc2c(cc1C#N)C(Cc1ccc(Cl)c(Cl)c1)NCC2. The van der Waals surface area contributed by atoms with E-state index in [1.165, 1.54) is 5.56 Å². The lowest BCUT2D eigenvalue weighted by Crippen LogP contribution is -2.31. The van der Waals surface area contributed by atoms with Crippen LogP contribution < -0.4 is 10.1 Å². The number of nitrogens with one attached hydrogen (secondary N) is 1. The normalized spacial score (nSPS) is 16.5. The minimum atomic E-state index is 0.147. The van der Waals surface area contributed by atoms with Gasteiger partial charge in [0.05, 0.1) is 22.7 Å². The highest BCUT2D eigenvalue weighted by Crippen LogP contribution is 2.32. The third kappa shape index (κ3) is 3.30. The van der Waals surface area contributed by atoms with E-state index in [0.29, 0.717) is 21.4 Å². The highest BCUT2D eigenvalue weighted by Gasteiger charge is 2.22. The molecule has 0 saturated heterocycles. The van der Waals surface area contributed by atoms with Crippen molar-refractivity contribution in [2.75, 3.05) is 13.7 Å². The summed E-state index contributed by atoms with van der Waals surface area (Å²) in [5.41, 5.74) is 4.05. The maximum atomic E-state index is 9.31. The van der Waals surface area contributed by atoms with Crippen LogP contribution in [-0.2, 0) is 12.8 Å². The van der Waals surface area contributed by atoms with Crippen molar-refractivity contribution in [2.45, 2.75) is 18.9 Å². The van der Waals surface area contributed by atoms with Crippen LogP contribution in [0.3, 0.4) is 0 Å². The Balaban J connectivity index is 1.94. The summed E-state index contributed by atoms with van der Waals surface area (Å²) in [6, 6.07) is 12.0. The number of ether oxygens (including phenoxy) is 1. The van der Waals surface area contributed by atoms with Crippen molar-refractivity contribution in [2.24, 2.45) is 0 Å². The van der Waals surface area contributed by atoms with Crippen LogP contribution in [0, 0.1) is 11.3 Å². The summed E-state index contributed by atoms with van der Waals surface area (Å²) in [6.45, 7) is 0.897. The lowest BCUT2D eigenvalue weighted by Gasteiger charge is -2.28. The Morgan fingerprint density at radius 1 is 1.26 bits per heavy atom. The summed E-state index contributed by atoms with van der Waals surface area (Å²) in [4.78, 5) is 0. The van der Waals surface area contributed by atoms with Gasteiger partial charge in [-0.05, 0) is 60.3 Å². The number of halogens is 2. The molecule has 1 N–H and O–H groups in total. The summed E-state index contributed by atoms with van der Waals surface area (Å²) in [7, 11) is 1.59. The molecule has 0 amide bonds. The highest BCUT2D eigenvalue weighted by atomic mass is 35.5. The minimum Gasteiger partial charge on any atom is -0.495 e. The third-order valence-electron chi connectivity index (χ3n) is 4.17. The number of rotatable bonds is 3. The molecule has 0 aliphatic carbocycles. The first-order valence-electron chi connectivity index (χ1n) is 7.40. The van der Waals surface area contributed by atoms with Crippen LogP contribution in [0.25, 0.3) is 0 Å². The number of methoxy groups -OCH3 is 1. The number of nitriles is 1. The van der Waals surface area contributed by atoms with E-state index >= 15 is 0 Å². The van der Waals surface area contributed by atoms with Crippen molar-refractivity contribution < 1.29 is 4.74 Å². The lowest BCUT2D eigenvalue weighted by molar-refractivity contribution is 0.410. The lowest BCUT2D eigenvalue weighted by atomic mass is 9.89. The topological polar surface area (TPSA) is 45.0 Å². The van der Waals surface area contributed by atoms with Crippen molar-refractivity contribution >= 4 is 23.2 Å². The average Bonchev–Trinajstić information content (AvgIpc) is 2.57. The smallest absolute Gasteiger partial charge is 0.136 e. The largest absolute Gasteiger partial charge is 0.495 e. The molecule has 118 valence electrons. The summed E-state index contributed by atoms with van der Waals surface area (Å²) >= 11 is 12.1. The van der Waals surface area contributed by atoms with E-state index in [0.717, 1.165) is 30.5 Å². The first-order chi connectivity index (χ1) is 11.1. The van der Waals surface area contributed by atoms with Crippen LogP contribution in [0.5, 0.6) is 5.75 Å². The Bertz CT molecular complexity index is 783. The molecule has 1 aliphatic heterocycles. The van der Waals surface area contributed by atoms with Gasteiger partial charge in [-0.25, -0.2) is 0 Å². The molecule has 0 spiro atoms. The molecule has 0 aromatic heterocycles. The molecule has 1 heterocycles. The van der Waals surface area contributed by atoms with E-state index in [1.54, 1.807) is 7.11 Å². The Morgan fingerprint density at radius 2 is 2.09 bits per heavy atom. The third-order valence-corrected chi connectivity index (χ3v) is 4.91. The number of benzene rings is 2. The van der Waals surface area contributed by atoms with Gasteiger partial charge in [0, 0.05) is 6.04 Å². The second-order valence-electron chi connectivity index (χ2n) is 5.57. The molecule has 3 rings (SSSR count). The Hall–Kier alpha value is -1.73. The van der Waals surface area contributed by atoms with Crippen molar-refractivity contribution in [3.05, 3.63) is 62.6 Å². The number of nitrogens with zero attached hydrogens (tertiary/aromatic N) is 1. The Labute approximate surface area is 145 Å². The van der Waals surface area contributed by atoms with Crippen molar-refractivity contribution in [1.82, 2.24) is 5.32 Å². The van der Waals surface area contributed by atoms with Crippen molar-refractivity contribution in [3.8, 4) is 11.8 Å². The zero-order valence-electron chi connectivity index (χ0n) is 12.7. The summed E-state index contributed by atoms with van der Waals surface area (Å²) in [5, 5.41) is 14.0. The Kier molecular flexibility index (Phi) is 4.77. The van der Waals surface area contributed by atoms with E-state index in [9.17, 15) is 5.26 Å². The van der Waals surface area contributed by atoms with Crippen LogP contribution in [-0.4, -0.2) is 13.7 Å². The molecular formula is C18H16Cl2N2O. The van der Waals surface area contributed by atoms with Gasteiger partial charge in [0.15, 0.2) is 0 Å². The predicted molar refractivity (Wildman–Crippen MR) is 92.3 cm³/mol. The van der Waals surface area contributed by atoms with Crippen LogP contribution in [0.1, 0.15) is 28.3 Å². The molecule has 23 heavy (non-hydrogen) atoms. The highest BCUT2D eigenvalue weighted by molar-refractivity contribution is 6.42. The molecule has 1 aliphatic rings. The quantitative estimate of drug-likeness (QED) is 0.900. The molecule has 0 bridgehead atoms. The second-order valence-corrected chi connectivity index (χ2v) is 6.39. The average molecular weight is 347 g/mol. The van der Waals surface area contributed by atoms with E-state index < -0.39 is 0 Å². The Morgan fingerprint density at radius 3 is 2.78 bits per heavy atom. The molecule has 2 aromatic carbocycles. The number of fused-ring (bicyclic) bond motifs is 1. The minimum absolute atomic E-state index is 0.147. The fourth-order valence-corrected chi connectivity index (χ4v) is 3.33. The van der Waals surface area contributed by atoms with Gasteiger partial charge in [-0.3, -0.25) is 0 Å². The zero-order chi connectivity index (χ0) is 16.4. The van der Waals surface area contributed by atoms with Gasteiger partial charge in [-0.15, -0.1) is 0 Å². The van der Waals surface area contributed by atoms with E-state index in [1.807, 2.05) is 30.3 Å². The molecular weight excluding hydrogens is 331 g/mol. The van der Waals surface area contributed by atoms with Crippen LogP contribution in [0.2, 0.25) is 10.0 Å². The van der Waals surface area contributed by atoms with Crippen LogP contribution >= 0.6 is 23.2 Å². The van der Waals surface area contributed by atoms with Gasteiger partial charge in [0.25, 0.3) is 0 Å². The van der Waals surface area contributed by atoms with Gasteiger partial charge in [0.1, 0.15) is 11.8 Å². The molecule has 3 nitrogen and oxygen atoms in total. The predicted octanol–water partition coefficient (Wildman–Crippen LogP) is 4.30. The van der Waals surface area contributed by atoms with Gasteiger partial charge >= 0.3 is 0 Å². The first kappa shape index (κ1) is 16.1. The fourth-order valence-electron chi connectivity index (χ4n) is 3.01. The fraction of sp³-hybridized carbons (Fsp3) is 0.278. The first-order valence-corrected chi connectivity index (χ1v) is 8.16. The molecule has 0 fully saturated rings. The van der Waals surface area contributed by atoms with Crippen molar-refractivity contribution in [3.63, 3.8) is 0 Å². The summed E-state index contributed by atoms with van der Waals surface area (Å²) < 4.78 is 5.31. The van der Waals surface area contributed by atoms with Gasteiger partial charge in [0.2, 0.25) is 0 Å². The van der Waals surface area contributed by atoms with Crippen LogP contribution in [0.4, 0.5) is 0 Å². The molecule has 0 radical (unpaired) electrons. The van der Waals surface area contributed by atoms with E-state index in [2.05, 4.69) is 11.4 Å². The number of hydrogen-bond donors (Lipinski definition) is 1. The molecule has 1 unspecified atom stereocenters.